The third-order valence-corrected chi connectivity index (χ3v) is 8.58. The van der Waals surface area contributed by atoms with Crippen molar-refractivity contribution in [3.8, 4) is 0 Å². The van der Waals surface area contributed by atoms with E-state index in [1.54, 1.807) is 0 Å². The Labute approximate surface area is 327 Å². The summed E-state index contributed by atoms with van der Waals surface area (Å²) < 4.78 is 11.1. The summed E-state index contributed by atoms with van der Waals surface area (Å²) in [5, 5.41) is 9.60. The molecule has 0 aromatic carbocycles. The minimum atomic E-state index is -0.570. The summed E-state index contributed by atoms with van der Waals surface area (Å²) in [5.74, 6) is -0.229. The Morgan fingerprint density at radius 3 is 1.28 bits per heavy atom. The van der Waals surface area contributed by atoms with Gasteiger partial charge in [-0.25, -0.2) is 0 Å². The first-order valence-corrected chi connectivity index (χ1v) is 21.5. The van der Waals surface area contributed by atoms with Crippen LogP contribution >= 0.6 is 0 Å². The van der Waals surface area contributed by atoms with Gasteiger partial charge in [0.2, 0.25) is 0 Å². The molecule has 0 aromatic heterocycles. The third kappa shape index (κ3) is 43.3. The van der Waals surface area contributed by atoms with E-state index in [0.29, 0.717) is 13.0 Å². The Hall–Kier alpha value is -2.95. The molecular weight excluding hydrogens is 653 g/mol. The highest BCUT2D eigenvalue weighted by molar-refractivity contribution is 5.69. The lowest BCUT2D eigenvalue weighted by Crippen LogP contribution is -2.27. The lowest BCUT2D eigenvalue weighted by atomic mass is 10.1. The van der Waals surface area contributed by atoms with Gasteiger partial charge in [0.1, 0.15) is 6.10 Å². The quantitative estimate of drug-likeness (QED) is 0.0390. The average molecular weight is 733 g/mol. The van der Waals surface area contributed by atoms with E-state index in [2.05, 4.69) is 123 Å². The van der Waals surface area contributed by atoms with Crippen molar-refractivity contribution in [2.75, 3.05) is 19.8 Å². The second-order valence-electron chi connectivity index (χ2n) is 13.7. The molecule has 53 heavy (non-hydrogen) atoms. The molecular formula is C49H80O4. The summed E-state index contributed by atoms with van der Waals surface area (Å²) >= 11 is 0. The zero-order valence-electron chi connectivity index (χ0n) is 34.2. The molecule has 0 aromatic rings. The molecule has 0 rings (SSSR count). The van der Waals surface area contributed by atoms with Gasteiger partial charge in [-0.3, -0.25) is 4.79 Å². The van der Waals surface area contributed by atoms with E-state index in [0.717, 1.165) is 89.9 Å². The van der Waals surface area contributed by atoms with Crippen LogP contribution in [0.1, 0.15) is 168 Å². The Kier molecular flexibility index (Phi) is 42.7. The topological polar surface area (TPSA) is 55.8 Å². The standard InChI is InChI=1S/C49H80O4/c1-3-5-7-9-11-13-15-17-19-21-22-23-24-25-26-27-29-31-33-35-37-39-41-43-45-52-47-48(46-50)53-49(51)44-42-40-38-36-34-32-30-28-20-18-16-14-12-10-8-6-4-2/h5,7,11-14,17-20,22-23,25-26,29,31,35,37,48,50H,3-4,6,8-10,15-16,21,24,27-28,30,32-34,36,38-47H2,1-2H3/b7-5-,13-11-,14-12-,19-17-,20-18-,23-22-,26-25-,31-29-,37-35-. The Morgan fingerprint density at radius 2 is 0.849 bits per heavy atom. The first-order valence-electron chi connectivity index (χ1n) is 21.5. The second kappa shape index (κ2) is 45.2. The zero-order valence-corrected chi connectivity index (χ0v) is 34.2. The van der Waals surface area contributed by atoms with E-state index in [4.69, 9.17) is 9.47 Å². The molecule has 0 heterocycles. The van der Waals surface area contributed by atoms with Crippen LogP contribution < -0.4 is 0 Å². The highest BCUT2D eigenvalue weighted by Crippen LogP contribution is 2.11. The molecule has 0 amide bonds. The molecule has 4 nitrogen and oxygen atoms in total. The van der Waals surface area contributed by atoms with E-state index in [9.17, 15) is 9.90 Å². The molecule has 1 unspecified atom stereocenters. The lowest BCUT2D eigenvalue weighted by molar-refractivity contribution is -0.154. The largest absolute Gasteiger partial charge is 0.457 e. The number of ether oxygens (including phenoxy) is 2. The van der Waals surface area contributed by atoms with Gasteiger partial charge in [0.05, 0.1) is 13.2 Å². The number of rotatable bonds is 38. The SMILES string of the molecule is CC/C=C\C/C=C\C/C=C\C/C=C\C/C=C\C/C=C\C/C=C\CCCCOCC(CO)OC(=O)CCCCCCCCC/C=C\C/C=C\CCCCC. The van der Waals surface area contributed by atoms with E-state index >= 15 is 0 Å². The number of carbonyl (C=O) groups is 1. The normalized spacial score (nSPS) is 13.5. The second-order valence-corrected chi connectivity index (χ2v) is 13.7. The number of unbranched alkanes of at least 4 members (excludes halogenated alkanes) is 12. The van der Waals surface area contributed by atoms with Gasteiger partial charge in [0.15, 0.2) is 0 Å². The van der Waals surface area contributed by atoms with Crippen molar-refractivity contribution >= 4 is 5.97 Å². The summed E-state index contributed by atoms with van der Waals surface area (Å²) in [6, 6.07) is 0. The molecule has 0 fully saturated rings. The lowest BCUT2D eigenvalue weighted by Gasteiger charge is -2.15. The minimum absolute atomic E-state index is 0.200. The Morgan fingerprint density at radius 1 is 0.472 bits per heavy atom. The van der Waals surface area contributed by atoms with Crippen LogP contribution in [0.2, 0.25) is 0 Å². The maximum atomic E-state index is 12.2. The third-order valence-electron chi connectivity index (χ3n) is 8.58. The van der Waals surface area contributed by atoms with Gasteiger partial charge >= 0.3 is 5.97 Å². The van der Waals surface area contributed by atoms with Crippen LogP contribution in [0.4, 0.5) is 0 Å². The van der Waals surface area contributed by atoms with Crippen LogP contribution in [0, 0.1) is 0 Å². The first-order chi connectivity index (χ1) is 26.2. The van der Waals surface area contributed by atoms with Crippen molar-refractivity contribution in [2.45, 2.75) is 174 Å². The number of aliphatic hydroxyl groups is 1. The van der Waals surface area contributed by atoms with Crippen LogP contribution in [0.25, 0.3) is 0 Å². The summed E-state index contributed by atoms with van der Waals surface area (Å²) in [6.45, 7) is 5.07. The molecule has 1 atom stereocenters. The highest BCUT2D eigenvalue weighted by atomic mass is 16.6. The van der Waals surface area contributed by atoms with Crippen LogP contribution in [0.3, 0.4) is 0 Å². The van der Waals surface area contributed by atoms with Crippen LogP contribution in [-0.2, 0) is 14.3 Å². The molecule has 1 N–H and O–H groups in total. The fraction of sp³-hybridized carbons (Fsp3) is 0.612. The predicted molar refractivity (Wildman–Crippen MR) is 232 cm³/mol. The van der Waals surface area contributed by atoms with Gasteiger partial charge in [-0.1, -0.05) is 168 Å². The van der Waals surface area contributed by atoms with Gasteiger partial charge in [-0.05, 0) is 103 Å². The molecule has 4 heteroatoms. The monoisotopic (exact) mass is 733 g/mol. The molecule has 0 radical (unpaired) electrons. The fourth-order valence-electron chi connectivity index (χ4n) is 5.39. The summed E-state index contributed by atoms with van der Waals surface area (Å²) in [7, 11) is 0. The molecule has 0 aliphatic carbocycles. The minimum Gasteiger partial charge on any atom is -0.457 e. The summed E-state index contributed by atoms with van der Waals surface area (Å²) in [4.78, 5) is 12.2. The molecule has 0 spiro atoms. The van der Waals surface area contributed by atoms with Crippen molar-refractivity contribution in [3.63, 3.8) is 0 Å². The maximum absolute atomic E-state index is 12.2. The molecule has 0 saturated carbocycles. The molecule has 300 valence electrons. The van der Waals surface area contributed by atoms with E-state index in [-0.39, 0.29) is 19.2 Å². The molecule has 0 saturated heterocycles. The van der Waals surface area contributed by atoms with Crippen molar-refractivity contribution in [3.05, 3.63) is 109 Å². The van der Waals surface area contributed by atoms with E-state index in [1.807, 2.05) is 0 Å². The summed E-state index contributed by atoms with van der Waals surface area (Å²) in [6.07, 6.45) is 65.7. The van der Waals surface area contributed by atoms with Crippen molar-refractivity contribution in [1.29, 1.82) is 0 Å². The Bertz CT molecular complexity index is 1040. The van der Waals surface area contributed by atoms with Gasteiger partial charge in [0, 0.05) is 13.0 Å². The van der Waals surface area contributed by atoms with Crippen LogP contribution in [0.15, 0.2) is 109 Å². The zero-order chi connectivity index (χ0) is 38.4. The van der Waals surface area contributed by atoms with Crippen molar-refractivity contribution < 1.29 is 19.4 Å². The van der Waals surface area contributed by atoms with Crippen LogP contribution in [-0.4, -0.2) is 37.0 Å². The fourth-order valence-corrected chi connectivity index (χ4v) is 5.39. The molecule has 0 aliphatic heterocycles. The smallest absolute Gasteiger partial charge is 0.306 e. The summed E-state index contributed by atoms with van der Waals surface area (Å²) in [5.41, 5.74) is 0. The van der Waals surface area contributed by atoms with E-state index in [1.165, 1.54) is 57.8 Å². The number of esters is 1. The molecule has 0 aliphatic rings. The van der Waals surface area contributed by atoms with Gasteiger partial charge in [-0.15, -0.1) is 0 Å². The van der Waals surface area contributed by atoms with Gasteiger partial charge in [-0.2, -0.15) is 0 Å². The van der Waals surface area contributed by atoms with E-state index < -0.39 is 6.10 Å². The number of hydrogen-bond acceptors (Lipinski definition) is 4. The maximum Gasteiger partial charge on any atom is 0.306 e. The van der Waals surface area contributed by atoms with Crippen molar-refractivity contribution in [1.82, 2.24) is 0 Å². The van der Waals surface area contributed by atoms with Crippen LogP contribution in [0.5, 0.6) is 0 Å². The number of carbonyl (C=O) groups excluding carboxylic acids is 1. The number of allylic oxidation sites excluding steroid dienone is 18. The molecule has 0 bridgehead atoms. The predicted octanol–water partition coefficient (Wildman–Crippen LogP) is 14.3. The van der Waals surface area contributed by atoms with Gasteiger partial charge < -0.3 is 14.6 Å². The van der Waals surface area contributed by atoms with Crippen molar-refractivity contribution in [2.24, 2.45) is 0 Å². The highest BCUT2D eigenvalue weighted by Gasteiger charge is 2.13. The Balaban J connectivity index is 3.61. The van der Waals surface area contributed by atoms with Gasteiger partial charge in [0.25, 0.3) is 0 Å². The average Bonchev–Trinajstić information content (AvgIpc) is 3.16. The number of hydrogen-bond donors (Lipinski definition) is 1. The first kappa shape index (κ1) is 50.1. The number of aliphatic hydroxyl groups excluding tert-OH is 1.